The van der Waals surface area contributed by atoms with Crippen LogP contribution in [0.25, 0.3) is 0 Å². The molecular weight excluding hydrogens is 436 g/mol. The van der Waals surface area contributed by atoms with Crippen LogP contribution in [0.4, 0.5) is 22.7 Å². The summed E-state index contributed by atoms with van der Waals surface area (Å²) in [5.41, 5.74) is 24.7. The van der Waals surface area contributed by atoms with E-state index in [1.807, 2.05) is 0 Å². The van der Waals surface area contributed by atoms with Gasteiger partial charge in [-0.3, -0.25) is 0 Å². The van der Waals surface area contributed by atoms with Gasteiger partial charge in [0, 0.05) is 36.8 Å². The Morgan fingerprint density at radius 1 is 0.222 bits per heavy atom. The van der Waals surface area contributed by atoms with Crippen LogP contribution in [0.1, 0.15) is 77.9 Å². The second kappa shape index (κ2) is 9.61. The first-order valence-electron chi connectivity index (χ1n) is 13.3. The zero-order valence-corrected chi connectivity index (χ0v) is 25.9. The lowest BCUT2D eigenvalue weighted by Crippen LogP contribution is -2.21. The van der Waals surface area contributed by atoms with Gasteiger partial charge >= 0.3 is 0 Å². The van der Waals surface area contributed by atoms with Crippen molar-refractivity contribution in [2.75, 3.05) is 23.9 Å². The van der Waals surface area contributed by atoms with Crippen LogP contribution in [-0.2, 0) is 0 Å². The summed E-state index contributed by atoms with van der Waals surface area (Å²) in [7, 11) is 4.50. The molecule has 0 N–H and O–H groups in total. The van der Waals surface area contributed by atoms with Gasteiger partial charge in [0.1, 0.15) is 0 Å². The monoisotopic (exact) mass is 484 g/mol. The van der Waals surface area contributed by atoms with Crippen molar-refractivity contribution in [1.82, 2.24) is 0 Å². The minimum Gasteiger partial charge on any atom is -0.344 e. The van der Waals surface area contributed by atoms with Crippen LogP contribution in [-0.4, -0.2) is 14.1 Å². The second-order valence-corrected chi connectivity index (χ2v) is 11.3. The molecule has 3 aromatic carbocycles. The van der Waals surface area contributed by atoms with E-state index in [-0.39, 0.29) is 0 Å². The van der Waals surface area contributed by atoms with Gasteiger partial charge in [0.2, 0.25) is 0 Å². The summed E-state index contributed by atoms with van der Waals surface area (Å²) in [6, 6.07) is 0. The summed E-state index contributed by atoms with van der Waals surface area (Å²) >= 11 is 0. The highest BCUT2D eigenvalue weighted by atomic mass is 15.1. The van der Waals surface area contributed by atoms with Gasteiger partial charge in [-0.05, 0) is 175 Å². The van der Waals surface area contributed by atoms with Crippen LogP contribution in [0.3, 0.4) is 0 Å². The fraction of sp³-hybridized carbons (Fsp3) is 0.471. The molecule has 0 unspecified atom stereocenters. The molecule has 0 radical (unpaired) electrons. The first kappa shape index (κ1) is 27.8. The first-order chi connectivity index (χ1) is 16.6. The molecule has 0 saturated carbocycles. The van der Waals surface area contributed by atoms with Gasteiger partial charge in [0.25, 0.3) is 0 Å². The summed E-state index contributed by atoms with van der Waals surface area (Å²) in [5, 5.41) is 0. The van der Waals surface area contributed by atoms with Gasteiger partial charge in [-0.25, -0.2) is 0 Å². The zero-order valence-electron chi connectivity index (χ0n) is 25.9. The number of rotatable bonds is 4. The molecule has 194 valence electrons. The predicted molar refractivity (Wildman–Crippen MR) is 162 cm³/mol. The maximum Gasteiger partial charge on any atom is 0.0474 e. The number of benzene rings is 3. The fourth-order valence-corrected chi connectivity index (χ4v) is 6.47. The topological polar surface area (TPSA) is 6.48 Å². The standard InChI is InChI=1S/C34H48N2/c1-17-19(3)23(7)31(24(8)20(17)4)35(15)33-27(11)29(13)34(30(14)28(33)12)36(16)32-25(9)21(5)18(2)22(6)26(32)10/h1-16H3. The average molecular weight is 485 g/mol. The van der Waals surface area contributed by atoms with Gasteiger partial charge in [0.15, 0.2) is 0 Å². The van der Waals surface area contributed by atoms with E-state index in [1.165, 1.54) is 101 Å². The predicted octanol–water partition coefficient (Wildman–Crippen LogP) is 9.54. The highest BCUT2D eigenvalue weighted by Crippen LogP contribution is 2.45. The van der Waals surface area contributed by atoms with Crippen LogP contribution < -0.4 is 9.80 Å². The van der Waals surface area contributed by atoms with Gasteiger partial charge in [0.05, 0.1) is 0 Å². The summed E-state index contributed by atoms with van der Waals surface area (Å²) in [5.74, 6) is 0. The first-order valence-corrected chi connectivity index (χ1v) is 13.3. The molecule has 0 aromatic heterocycles. The third kappa shape index (κ3) is 3.94. The molecule has 3 aromatic rings. The summed E-state index contributed by atoms with van der Waals surface area (Å²) in [6.45, 7) is 31.9. The second-order valence-electron chi connectivity index (χ2n) is 11.3. The molecule has 0 bridgehead atoms. The van der Waals surface area contributed by atoms with Gasteiger partial charge in [-0.2, -0.15) is 0 Å². The van der Waals surface area contributed by atoms with Gasteiger partial charge < -0.3 is 9.80 Å². The average Bonchev–Trinajstić information content (AvgIpc) is 2.83. The summed E-state index contributed by atoms with van der Waals surface area (Å²) in [6.07, 6.45) is 0. The third-order valence-corrected chi connectivity index (χ3v) is 9.81. The maximum absolute atomic E-state index is 2.45. The Morgan fingerprint density at radius 3 is 0.500 bits per heavy atom. The molecule has 2 heteroatoms. The SMILES string of the molecule is Cc1c(C)c(C)c(N(C)c2c(C)c(C)c(N(C)c3c(C)c(C)c(C)c(C)c3C)c(C)c2C)c(C)c1C. The largest absolute Gasteiger partial charge is 0.344 e. The quantitative estimate of drug-likeness (QED) is 0.364. The molecular formula is C34H48N2. The highest BCUT2D eigenvalue weighted by molar-refractivity contribution is 5.84. The minimum absolute atomic E-state index is 1.33. The lowest BCUT2D eigenvalue weighted by Gasteiger charge is -2.35. The van der Waals surface area contributed by atoms with E-state index in [0.717, 1.165) is 0 Å². The highest BCUT2D eigenvalue weighted by Gasteiger charge is 2.25. The lowest BCUT2D eigenvalue weighted by molar-refractivity contribution is 1.05. The smallest absolute Gasteiger partial charge is 0.0474 e. The Hall–Kier alpha value is -2.74. The molecule has 0 spiro atoms. The van der Waals surface area contributed by atoms with Crippen molar-refractivity contribution in [3.8, 4) is 0 Å². The van der Waals surface area contributed by atoms with Crippen LogP contribution >= 0.6 is 0 Å². The normalized spacial score (nSPS) is 11.3. The van der Waals surface area contributed by atoms with Crippen molar-refractivity contribution in [2.24, 2.45) is 0 Å². The van der Waals surface area contributed by atoms with E-state index in [4.69, 9.17) is 0 Å². The maximum atomic E-state index is 2.45. The van der Waals surface area contributed by atoms with Gasteiger partial charge in [-0.1, -0.05) is 0 Å². The van der Waals surface area contributed by atoms with E-state index < -0.39 is 0 Å². The molecule has 0 saturated heterocycles. The minimum atomic E-state index is 1.33. The van der Waals surface area contributed by atoms with E-state index in [2.05, 4.69) is 121 Å². The molecule has 0 aliphatic carbocycles. The molecule has 36 heavy (non-hydrogen) atoms. The molecule has 0 fully saturated rings. The molecule has 0 heterocycles. The molecule has 0 amide bonds. The van der Waals surface area contributed by atoms with Crippen molar-refractivity contribution in [3.05, 3.63) is 77.9 Å². The Balaban J connectivity index is 2.30. The number of hydrogen-bond acceptors (Lipinski definition) is 2. The van der Waals surface area contributed by atoms with E-state index in [1.54, 1.807) is 0 Å². The molecule has 2 nitrogen and oxygen atoms in total. The van der Waals surface area contributed by atoms with E-state index >= 15 is 0 Å². The van der Waals surface area contributed by atoms with Crippen molar-refractivity contribution >= 4 is 22.7 Å². The fourth-order valence-electron chi connectivity index (χ4n) is 6.47. The zero-order chi connectivity index (χ0) is 27.5. The van der Waals surface area contributed by atoms with Crippen molar-refractivity contribution < 1.29 is 0 Å². The Kier molecular flexibility index (Phi) is 7.44. The van der Waals surface area contributed by atoms with Crippen molar-refractivity contribution in [1.29, 1.82) is 0 Å². The van der Waals surface area contributed by atoms with Gasteiger partial charge in [-0.15, -0.1) is 0 Å². The van der Waals surface area contributed by atoms with Crippen LogP contribution in [0.5, 0.6) is 0 Å². The van der Waals surface area contributed by atoms with Crippen LogP contribution in [0.2, 0.25) is 0 Å². The Bertz CT molecular complexity index is 1190. The van der Waals surface area contributed by atoms with E-state index in [0.29, 0.717) is 0 Å². The molecule has 0 aliphatic rings. The Morgan fingerprint density at radius 2 is 0.333 bits per heavy atom. The molecule has 0 aliphatic heterocycles. The number of anilines is 4. The van der Waals surface area contributed by atoms with Crippen LogP contribution in [0, 0.1) is 96.9 Å². The number of hydrogen-bond donors (Lipinski definition) is 0. The summed E-state index contributed by atoms with van der Waals surface area (Å²) < 4.78 is 0. The third-order valence-electron chi connectivity index (χ3n) is 9.81. The van der Waals surface area contributed by atoms with E-state index in [9.17, 15) is 0 Å². The summed E-state index contributed by atoms with van der Waals surface area (Å²) in [4.78, 5) is 4.91. The van der Waals surface area contributed by atoms with Crippen molar-refractivity contribution in [3.63, 3.8) is 0 Å². The molecule has 3 rings (SSSR count). The Labute approximate surface area is 221 Å². The molecule has 0 atom stereocenters. The van der Waals surface area contributed by atoms with Crippen molar-refractivity contribution in [2.45, 2.75) is 96.9 Å². The lowest BCUT2D eigenvalue weighted by atomic mass is 9.89. The van der Waals surface area contributed by atoms with Crippen LogP contribution in [0.15, 0.2) is 0 Å². The number of nitrogens with zero attached hydrogens (tertiary/aromatic N) is 2.